The molecule has 2 unspecified atom stereocenters. The molecule has 1 N–H and O–H groups in total. The molecular formula is C16H20IN8PS. The predicted molar refractivity (Wildman–Crippen MR) is 119 cm³/mol. The molecule has 5 heterocycles. The lowest BCUT2D eigenvalue weighted by Gasteiger charge is -2.42. The van der Waals surface area contributed by atoms with Crippen molar-refractivity contribution >= 4 is 58.2 Å². The van der Waals surface area contributed by atoms with Crippen LogP contribution in [0.5, 0.6) is 0 Å². The number of aryl methyl sites for hydroxylation is 1. The summed E-state index contributed by atoms with van der Waals surface area (Å²) in [6.07, 6.45) is 6.43. The van der Waals surface area contributed by atoms with Gasteiger partial charge in [-0.1, -0.05) is 12.8 Å². The zero-order chi connectivity index (χ0) is 18.6. The number of halogens is 1. The van der Waals surface area contributed by atoms with E-state index >= 15 is 0 Å². The number of nitrogens with zero attached hydrogens (tertiary/aromatic N) is 7. The van der Waals surface area contributed by atoms with Crippen molar-refractivity contribution in [2.45, 2.75) is 32.4 Å². The number of piperidine rings is 1. The number of hydrogen-bond acceptors (Lipinski definition) is 7. The number of rotatable bonds is 3. The van der Waals surface area contributed by atoms with Gasteiger partial charge in [-0.3, -0.25) is 9.40 Å². The van der Waals surface area contributed by atoms with Gasteiger partial charge in [-0.05, 0) is 47.9 Å². The van der Waals surface area contributed by atoms with E-state index in [1.54, 1.807) is 0 Å². The Morgan fingerprint density at radius 1 is 1.37 bits per heavy atom. The van der Waals surface area contributed by atoms with E-state index < -0.39 is 0 Å². The molecule has 0 amide bonds. The third-order valence-corrected chi connectivity index (χ3v) is 8.05. The summed E-state index contributed by atoms with van der Waals surface area (Å²) >= 11 is 6.75. The van der Waals surface area contributed by atoms with Crippen LogP contribution >= 0.6 is 41.2 Å². The van der Waals surface area contributed by atoms with E-state index in [2.05, 4.69) is 70.4 Å². The van der Waals surface area contributed by atoms with Gasteiger partial charge in [0.2, 0.25) is 0 Å². The molecule has 8 nitrogen and oxygen atoms in total. The second-order valence-electron chi connectivity index (χ2n) is 7.31. The van der Waals surface area contributed by atoms with Crippen LogP contribution in [0.15, 0.2) is 18.5 Å². The number of thiol groups is 1. The Morgan fingerprint density at radius 2 is 2.19 bits per heavy atom. The lowest BCUT2D eigenvalue weighted by molar-refractivity contribution is 0.163. The van der Waals surface area contributed by atoms with Crippen molar-refractivity contribution in [2.24, 2.45) is 5.41 Å². The summed E-state index contributed by atoms with van der Waals surface area (Å²) in [5.74, 6) is 0.944. The van der Waals surface area contributed by atoms with Crippen molar-refractivity contribution in [1.82, 2.24) is 34.0 Å². The van der Waals surface area contributed by atoms with Crippen LogP contribution in [0.1, 0.15) is 30.3 Å². The third-order valence-electron chi connectivity index (χ3n) is 5.95. The summed E-state index contributed by atoms with van der Waals surface area (Å²) in [6.45, 7) is 4.85. The number of hydrogen-bond donors (Lipinski definition) is 2. The van der Waals surface area contributed by atoms with Crippen molar-refractivity contribution in [3.8, 4) is 0 Å². The summed E-state index contributed by atoms with van der Waals surface area (Å²) in [4.78, 5) is 11.9. The van der Waals surface area contributed by atoms with Crippen molar-refractivity contribution < 1.29 is 0 Å². The van der Waals surface area contributed by atoms with Crippen molar-refractivity contribution in [1.29, 1.82) is 0 Å². The second-order valence-corrected chi connectivity index (χ2v) is 9.61. The van der Waals surface area contributed by atoms with Crippen LogP contribution < -0.4 is 9.62 Å². The zero-order valence-corrected chi connectivity index (χ0v) is 18.9. The fraction of sp³-hybridized carbons (Fsp3) is 0.500. The molecule has 0 bridgehead atoms. The minimum absolute atomic E-state index is 0.168. The fourth-order valence-electron chi connectivity index (χ4n) is 4.48. The molecule has 3 aromatic rings. The zero-order valence-electron chi connectivity index (χ0n) is 14.8. The summed E-state index contributed by atoms with van der Waals surface area (Å²) in [5, 5.41) is 9.02. The van der Waals surface area contributed by atoms with Crippen LogP contribution in [0.4, 0.5) is 5.82 Å². The second kappa shape index (κ2) is 6.82. The lowest BCUT2D eigenvalue weighted by atomic mass is 9.73. The van der Waals surface area contributed by atoms with Gasteiger partial charge in [-0.15, -0.1) is 0 Å². The Kier molecular flexibility index (Phi) is 4.57. The van der Waals surface area contributed by atoms with Crippen LogP contribution in [0.3, 0.4) is 0 Å². The van der Waals surface area contributed by atoms with Gasteiger partial charge in [0.15, 0.2) is 5.65 Å². The van der Waals surface area contributed by atoms with E-state index in [1.807, 2.05) is 23.8 Å². The summed E-state index contributed by atoms with van der Waals surface area (Å²) in [6, 6.07) is 2.34. The Morgan fingerprint density at radius 3 is 2.93 bits per heavy atom. The van der Waals surface area contributed by atoms with Gasteiger partial charge < -0.3 is 4.90 Å². The molecule has 3 aromatic heterocycles. The summed E-state index contributed by atoms with van der Waals surface area (Å²) in [7, 11) is 0. The smallest absolute Gasteiger partial charge is 0.183 e. The van der Waals surface area contributed by atoms with Gasteiger partial charge in [0.1, 0.15) is 11.3 Å². The van der Waals surface area contributed by atoms with Gasteiger partial charge in [0.25, 0.3) is 0 Å². The molecule has 142 valence electrons. The predicted octanol–water partition coefficient (Wildman–Crippen LogP) is 2.90. The monoisotopic (exact) mass is 514 g/mol. The molecular weight excluding hydrogens is 494 g/mol. The molecule has 2 atom stereocenters. The quantitative estimate of drug-likeness (QED) is 0.318. The van der Waals surface area contributed by atoms with Crippen LogP contribution in [0.25, 0.3) is 11.2 Å². The van der Waals surface area contributed by atoms with E-state index in [-0.39, 0.29) is 11.5 Å². The molecule has 11 heteroatoms. The first-order valence-electron chi connectivity index (χ1n) is 8.90. The Labute approximate surface area is 177 Å². The van der Waals surface area contributed by atoms with Crippen LogP contribution in [0, 0.1) is 12.3 Å². The number of anilines is 1. The maximum absolute atomic E-state index is 4.89. The molecule has 0 saturated carbocycles. The maximum Gasteiger partial charge on any atom is 0.183 e. The Balaban J connectivity index is 1.39. The number of fused-ring (bicyclic) bond motifs is 2. The van der Waals surface area contributed by atoms with Crippen molar-refractivity contribution in [3.63, 3.8) is 0 Å². The van der Waals surface area contributed by atoms with Crippen molar-refractivity contribution in [3.05, 3.63) is 29.8 Å². The molecule has 2 aliphatic rings. The first kappa shape index (κ1) is 18.1. The molecule has 1 saturated heterocycles. The highest BCUT2D eigenvalue weighted by Gasteiger charge is 2.48. The molecule has 0 aliphatic carbocycles. The van der Waals surface area contributed by atoms with Crippen LogP contribution in [-0.4, -0.2) is 42.4 Å². The standard InChI is InChI=1S/C16H20IN8PS/c1-10-13-15(25(21-10)26-17)20-12(8-18-13)23-6-3-16(4-7-23)9-24-11(2-5-19-24)14(16)22-27/h2,5,8,14,22,26-27H,3-4,6-7,9H2,1H3. The highest BCUT2D eigenvalue weighted by Crippen LogP contribution is 2.49. The minimum atomic E-state index is 0.168. The average Bonchev–Trinajstić information content (AvgIpc) is 3.34. The van der Waals surface area contributed by atoms with E-state index in [0.29, 0.717) is 6.37 Å². The molecule has 5 rings (SSSR count). The van der Waals surface area contributed by atoms with Crippen LogP contribution in [0.2, 0.25) is 0 Å². The van der Waals surface area contributed by atoms with E-state index in [9.17, 15) is 0 Å². The normalized spacial score (nSPS) is 21.7. The van der Waals surface area contributed by atoms with Crippen molar-refractivity contribution in [2.75, 3.05) is 18.0 Å². The highest BCUT2D eigenvalue weighted by molar-refractivity contribution is 14.2. The lowest BCUT2D eigenvalue weighted by Crippen LogP contribution is -2.45. The number of nitrogens with one attached hydrogen (secondary N) is 1. The molecule has 1 fully saturated rings. The average molecular weight is 514 g/mol. The topological polar surface area (TPSA) is 76.7 Å². The Hall–Kier alpha value is -0.970. The largest absolute Gasteiger partial charge is 0.355 e. The Bertz CT molecular complexity index is 996. The maximum atomic E-state index is 4.89. The number of aromatic nitrogens is 6. The van der Waals surface area contributed by atoms with Crippen LogP contribution in [-0.2, 0) is 6.54 Å². The summed E-state index contributed by atoms with van der Waals surface area (Å²) in [5.41, 5.74) is 4.13. The van der Waals surface area contributed by atoms with E-state index in [4.69, 9.17) is 4.98 Å². The van der Waals surface area contributed by atoms with E-state index in [1.165, 1.54) is 5.69 Å². The molecule has 2 aliphatic heterocycles. The minimum Gasteiger partial charge on any atom is -0.355 e. The van der Waals surface area contributed by atoms with Gasteiger partial charge >= 0.3 is 0 Å². The van der Waals surface area contributed by atoms with Gasteiger partial charge in [0, 0.05) is 31.2 Å². The van der Waals surface area contributed by atoms with Gasteiger partial charge in [-0.25, -0.2) is 14.4 Å². The molecule has 0 aromatic carbocycles. The first-order chi connectivity index (χ1) is 13.1. The fourth-order valence-corrected chi connectivity index (χ4v) is 6.32. The molecule has 1 spiro atoms. The van der Waals surface area contributed by atoms with Gasteiger partial charge in [0.05, 0.1) is 30.0 Å². The molecule has 0 radical (unpaired) electrons. The van der Waals surface area contributed by atoms with E-state index in [0.717, 1.165) is 55.2 Å². The highest BCUT2D eigenvalue weighted by atomic mass is 127. The van der Waals surface area contributed by atoms with Gasteiger partial charge in [-0.2, -0.15) is 10.2 Å². The summed E-state index contributed by atoms with van der Waals surface area (Å²) < 4.78 is 7.31. The molecule has 27 heavy (non-hydrogen) atoms. The first-order valence-corrected chi connectivity index (χ1v) is 13.4. The third kappa shape index (κ3) is 2.79. The SMILES string of the molecule is Cc1nn(PI)c2nc(N3CCC4(CC3)Cn3nccc3C4NS)cnc12.